The summed E-state index contributed by atoms with van der Waals surface area (Å²) in [6, 6.07) is 13.4. The van der Waals surface area contributed by atoms with Crippen molar-refractivity contribution in [2.45, 2.75) is 89.6 Å². The standard InChI is InChI=1S/C32H45ClN2O4Si/c1-20(2)40(21(3)4,22(5)6)39-26-14-17-35(18-15-26)30(28-13-16-34-31(28)36)24-9-7-23(8-10-24)25-11-12-27(32(37)38)29(33)19-25/h7-12,19-22,26,28,30H,13-18H2,1-6H3,(H,34,36)(H,37,38)/t28?,30-/m0/s1. The molecule has 1 unspecified atom stereocenters. The Bertz CT molecular complexity index is 1170. The first kappa shape index (κ1) is 30.8. The molecule has 218 valence electrons. The lowest BCUT2D eigenvalue weighted by Crippen LogP contribution is -2.52. The summed E-state index contributed by atoms with van der Waals surface area (Å²) in [5.74, 6) is -0.984. The van der Waals surface area contributed by atoms with Gasteiger partial charge in [-0.25, -0.2) is 4.79 Å². The minimum atomic E-state index is -1.94. The van der Waals surface area contributed by atoms with Crippen LogP contribution < -0.4 is 5.32 Å². The Balaban J connectivity index is 1.54. The van der Waals surface area contributed by atoms with E-state index in [4.69, 9.17) is 16.0 Å². The number of carbonyl (C=O) groups is 2. The number of nitrogens with zero attached hydrogens (tertiary/aromatic N) is 1. The summed E-state index contributed by atoms with van der Waals surface area (Å²) in [5.41, 5.74) is 4.74. The van der Waals surface area contributed by atoms with Crippen molar-refractivity contribution in [3.05, 3.63) is 58.6 Å². The van der Waals surface area contributed by atoms with Gasteiger partial charge in [-0.2, -0.15) is 0 Å². The average Bonchev–Trinajstić information content (AvgIpc) is 3.33. The van der Waals surface area contributed by atoms with Crippen LogP contribution in [0.3, 0.4) is 0 Å². The Kier molecular flexibility index (Phi) is 9.81. The predicted molar refractivity (Wildman–Crippen MR) is 164 cm³/mol. The molecule has 1 amide bonds. The minimum Gasteiger partial charge on any atom is -0.478 e. The van der Waals surface area contributed by atoms with Gasteiger partial charge < -0.3 is 14.8 Å². The van der Waals surface area contributed by atoms with Crippen molar-refractivity contribution < 1.29 is 19.1 Å². The molecule has 2 saturated heterocycles. The van der Waals surface area contributed by atoms with Crippen molar-refractivity contribution in [3.8, 4) is 11.1 Å². The van der Waals surface area contributed by atoms with Gasteiger partial charge in [-0.1, -0.05) is 83.5 Å². The quantitative estimate of drug-likeness (QED) is 0.282. The van der Waals surface area contributed by atoms with Crippen molar-refractivity contribution >= 4 is 31.8 Å². The Morgan fingerprint density at radius 3 is 2.00 bits per heavy atom. The summed E-state index contributed by atoms with van der Waals surface area (Å²) in [7, 11) is -1.94. The molecular formula is C32H45ClN2O4Si. The van der Waals surface area contributed by atoms with Gasteiger partial charge in [-0.3, -0.25) is 9.69 Å². The molecule has 2 heterocycles. The van der Waals surface area contributed by atoms with Crippen LogP contribution in [0.2, 0.25) is 21.6 Å². The molecule has 0 radical (unpaired) electrons. The smallest absolute Gasteiger partial charge is 0.337 e. The molecule has 6 nitrogen and oxygen atoms in total. The van der Waals surface area contributed by atoms with E-state index in [0.29, 0.717) is 16.6 Å². The van der Waals surface area contributed by atoms with Crippen LogP contribution in [0.5, 0.6) is 0 Å². The van der Waals surface area contributed by atoms with Gasteiger partial charge in [-0.05, 0) is 64.7 Å². The molecule has 0 bridgehead atoms. The molecule has 4 rings (SSSR count). The van der Waals surface area contributed by atoms with Gasteiger partial charge in [0, 0.05) is 31.8 Å². The third-order valence-electron chi connectivity index (χ3n) is 9.21. The van der Waals surface area contributed by atoms with E-state index in [1.165, 1.54) is 0 Å². The van der Waals surface area contributed by atoms with E-state index in [0.717, 1.165) is 55.6 Å². The number of likely N-dealkylation sites (tertiary alicyclic amines) is 1. The van der Waals surface area contributed by atoms with Gasteiger partial charge >= 0.3 is 5.97 Å². The number of benzene rings is 2. The van der Waals surface area contributed by atoms with E-state index in [1.807, 2.05) is 12.1 Å². The van der Waals surface area contributed by atoms with Gasteiger partial charge in [0.25, 0.3) is 0 Å². The predicted octanol–water partition coefficient (Wildman–Crippen LogP) is 7.54. The second-order valence-corrected chi connectivity index (χ2v) is 18.2. The summed E-state index contributed by atoms with van der Waals surface area (Å²) in [5, 5.41) is 12.6. The molecule has 0 saturated carbocycles. The summed E-state index contributed by atoms with van der Waals surface area (Å²) in [4.78, 5) is 26.7. The highest BCUT2D eigenvalue weighted by Crippen LogP contribution is 2.44. The second-order valence-electron chi connectivity index (χ2n) is 12.4. The molecule has 2 N–H and O–H groups in total. The number of halogens is 1. The zero-order valence-corrected chi connectivity index (χ0v) is 26.5. The lowest BCUT2D eigenvalue weighted by Gasteiger charge is -2.47. The van der Waals surface area contributed by atoms with Crippen LogP contribution in [0.4, 0.5) is 0 Å². The van der Waals surface area contributed by atoms with E-state index < -0.39 is 14.3 Å². The highest BCUT2D eigenvalue weighted by atomic mass is 35.5. The summed E-state index contributed by atoms with van der Waals surface area (Å²) >= 11 is 6.22. The Morgan fingerprint density at radius 1 is 0.950 bits per heavy atom. The highest BCUT2D eigenvalue weighted by Gasteiger charge is 2.47. The fraction of sp³-hybridized carbons (Fsp3) is 0.562. The number of hydrogen-bond acceptors (Lipinski definition) is 4. The maximum absolute atomic E-state index is 12.9. The largest absolute Gasteiger partial charge is 0.478 e. The number of nitrogens with one attached hydrogen (secondary N) is 1. The molecule has 2 aliphatic rings. The van der Waals surface area contributed by atoms with Gasteiger partial charge in [0.15, 0.2) is 0 Å². The van der Waals surface area contributed by atoms with Crippen LogP contribution in [0.1, 0.15) is 82.8 Å². The third kappa shape index (κ3) is 6.18. The highest BCUT2D eigenvalue weighted by molar-refractivity contribution is 6.77. The van der Waals surface area contributed by atoms with Crippen molar-refractivity contribution in [2.75, 3.05) is 19.6 Å². The molecule has 2 aliphatic heterocycles. The lowest BCUT2D eigenvalue weighted by atomic mass is 9.88. The monoisotopic (exact) mass is 584 g/mol. The SMILES string of the molecule is CC(C)[Si](OC1CCN([C@@H](c2ccc(-c3ccc(C(=O)O)c(Cl)c3)cc2)C2CCNC2=O)CC1)(C(C)C)C(C)C. The van der Waals surface area contributed by atoms with Gasteiger partial charge in [0.2, 0.25) is 14.2 Å². The van der Waals surface area contributed by atoms with Crippen LogP contribution in [0.25, 0.3) is 11.1 Å². The summed E-state index contributed by atoms with van der Waals surface area (Å²) in [6.45, 7) is 16.6. The topological polar surface area (TPSA) is 78.9 Å². The Labute approximate surface area is 245 Å². The number of hydrogen-bond donors (Lipinski definition) is 2. The number of aromatic carboxylic acids is 1. The van der Waals surface area contributed by atoms with Gasteiger partial charge in [0.05, 0.1) is 16.5 Å². The fourth-order valence-corrected chi connectivity index (χ4v) is 13.2. The van der Waals surface area contributed by atoms with Crippen molar-refractivity contribution in [3.63, 3.8) is 0 Å². The van der Waals surface area contributed by atoms with E-state index in [2.05, 4.69) is 63.9 Å². The molecule has 0 spiro atoms. The van der Waals surface area contributed by atoms with Crippen LogP contribution in [0, 0.1) is 5.92 Å². The zero-order chi connectivity index (χ0) is 29.2. The first-order valence-electron chi connectivity index (χ1n) is 14.8. The van der Waals surface area contributed by atoms with E-state index in [1.54, 1.807) is 18.2 Å². The maximum Gasteiger partial charge on any atom is 0.337 e. The van der Waals surface area contributed by atoms with Gasteiger partial charge in [-0.15, -0.1) is 0 Å². The number of carboxylic acids is 1. The number of carbonyl (C=O) groups excluding carboxylic acids is 1. The van der Waals surface area contributed by atoms with Crippen molar-refractivity contribution in [2.24, 2.45) is 5.92 Å². The molecule has 0 aliphatic carbocycles. The van der Waals surface area contributed by atoms with E-state index in [9.17, 15) is 14.7 Å². The minimum absolute atomic E-state index is 0.0118. The van der Waals surface area contributed by atoms with Crippen LogP contribution >= 0.6 is 11.6 Å². The average molecular weight is 585 g/mol. The molecule has 2 atom stereocenters. The van der Waals surface area contributed by atoms with Crippen molar-refractivity contribution in [1.82, 2.24) is 10.2 Å². The molecule has 2 aromatic carbocycles. The molecule has 40 heavy (non-hydrogen) atoms. The van der Waals surface area contributed by atoms with Gasteiger partial charge in [0.1, 0.15) is 0 Å². The van der Waals surface area contributed by atoms with Crippen LogP contribution in [-0.2, 0) is 9.22 Å². The van der Waals surface area contributed by atoms with Crippen LogP contribution in [0.15, 0.2) is 42.5 Å². The maximum atomic E-state index is 12.9. The van der Waals surface area contributed by atoms with Crippen molar-refractivity contribution in [1.29, 1.82) is 0 Å². The number of amides is 1. The number of rotatable bonds is 10. The zero-order valence-electron chi connectivity index (χ0n) is 24.7. The molecular weight excluding hydrogens is 540 g/mol. The first-order chi connectivity index (χ1) is 19.0. The molecule has 2 fully saturated rings. The van der Waals surface area contributed by atoms with E-state index in [-0.39, 0.29) is 34.6 Å². The van der Waals surface area contributed by atoms with E-state index >= 15 is 0 Å². The Hall–Kier alpha value is -2.19. The first-order valence-corrected chi connectivity index (χ1v) is 17.3. The third-order valence-corrected chi connectivity index (χ3v) is 15.7. The second kappa shape index (κ2) is 12.8. The molecule has 0 aromatic heterocycles. The normalized spacial score (nSPS) is 19.9. The number of piperidine rings is 1. The summed E-state index contributed by atoms with van der Waals surface area (Å²) < 4.78 is 7.13. The summed E-state index contributed by atoms with van der Waals surface area (Å²) in [6.07, 6.45) is 3.07. The molecule has 8 heteroatoms. The molecule has 2 aromatic rings. The lowest BCUT2D eigenvalue weighted by molar-refractivity contribution is -0.124. The Morgan fingerprint density at radius 2 is 1.52 bits per heavy atom. The fourth-order valence-electron chi connectivity index (χ4n) is 7.32. The number of carboxylic acid groups (broad SMARTS) is 1. The van der Waals surface area contributed by atoms with Crippen LogP contribution in [-0.4, -0.2) is 55.9 Å².